The van der Waals surface area contributed by atoms with Crippen LogP contribution in [0.25, 0.3) is 0 Å². The van der Waals surface area contributed by atoms with Gasteiger partial charge in [0, 0.05) is 22.6 Å². The van der Waals surface area contributed by atoms with Crippen LogP contribution in [0.5, 0.6) is 0 Å². The lowest BCUT2D eigenvalue weighted by atomic mass is 10.1. The van der Waals surface area contributed by atoms with Gasteiger partial charge in [-0.2, -0.15) is 5.10 Å². The lowest BCUT2D eigenvalue weighted by Gasteiger charge is -2.10. The Labute approximate surface area is 149 Å². The molecule has 7 heteroatoms. The minimum Gasteiger partial charge on any atom is -0.322 e. The molecule has 0 saturated heterocycles. The van der Waals surface area contributed by atoms with E-state index in [4.69, 9.17) is 0 Å². The highest BCUT2D eigenvalue weighted by molar-refractivity contribution is 7.98. The fraction of sp³-hybridized carbons (Fsp3) is 0.111. The van der Waals surface area contributed by atoms with E-state index in [0.717, 1.165) is 5.56 Å². The van der Waals surface area contributed by atoms with Crippen LogP contribution in [0, 0.1) is 0 Å². The number of aromatic amines is 1. The molecule has 0 fully saturated rings. The first-order chi connectivity index (χ1) is 12.1. The average Bonchev–Trinajstić information content (AvgIpc) is 3.14. The van der Waals surface area contributed by atoms with Gasteiger partial charge in [0.15, 0.2) is 10.9 Å². The van der Waals surface area contributed by atoms with Crippen molar-refractivity contribution < 1.29 is 9.59 Å². The summed E-state index contributed by atoms with van der Waals surface area (Å²) in [7, 11) is 0. The predicted molar refractivity (Wildman–Crippen MR) is 96.8 cm³/mol. The smallest absolute Gasteiger partial charge is 0.255 e. The largest absolute Gasteiger partial charge is 0.322 e. The Hall–Kier alpha value is -2.93. The first kappa shape index (κ1) is 16.9. The lowest BCUT2D eigenvalue weighted by molar-refractivity contribution is 0.101. The summed E-state index contributed by atoms with van der Waals surface area (Å²) in [5.74, 6) is 0.334. The van der Waals surface area contributed by atoms with E-state index in [-0.39, 0.29) is 11.7 Å². The monoisotopic (exact) mass is 352 g/mol. The van der Waals surface area contributed by atoms with Gasteiger partial charge in [0.25, 0.3) is 5.91 Å². The van der Waals surface area contributed by atoms with Gasteiger partial charge in [-0.25, -0.2) is 4.98 Å². The maximum Gasteiger partial charge on any atom is 0.255 e. The Balaban J connectivity index is 1.75. The van der Waals surface area contributed by atoms with Gasteiger partial charge in [0.2, 0.25) is 0 Å². The zero-order valence-corrected chi connectivity index (χ0v) is 14.3. The molecule has 0 bridgehead atoms. The van der Waals surface area contributed by atoms with Crippen molar-refractivity contribution in [3.8, 4) is 0 Å². The van der Waals surface area contributed by atoms with Gasteiger partial charge >= 0.3 is 0 Å². The molecule has 3 rings (SSSR count). The highest BCUT2D eigenvalue weighted by Gasteiger charge is 2.12. The molecule has 2 aromatic carbocycles. The highest BCUT2D eigenvalue weighted by Crippen LogP contribution is 2.22. The maximum atomic E-state index is 12.6. The van der Waals surface area contributed by atoms with E-state index in [9.17, 15) is 9.59 Å². The van der Waals surface area contributed by atoms with Crippen molar-refractivity contribution >= 4 is 29.1 Å². The van der Waals surface area contributed by atoms with E-state index in [1.165, 1.54) is 25.0 Å². The third-order valence-corrected chi connectivity index (χ3v) is 4.47. The van der Waals surface area contributed by atoms with E-state index in [2.05, 4.69) is 20.5 Å². The van der Waals surface area contributed by atoms with E-state index >= 15 is 0 Å². The molecule has 0 aliphatic heterocycles. The van der Waals surface area contributed by atoms with E-state index in [0.29, 0.717) is 27.7 Å². The van der Waals surface area contributed by atoms with Crippen molar-refractivity contribution in [1.29, 1.82) is 0 Å². The molecule has 2 N–H and O–H groups in total. The van der Waals surface area contributed by atoms with Crippen LogP contribution in [0.4, 0.5) is 5.69 Å². The number of amides is 1. The quantitative estimate of drug-likeness (QED) is 0.523. The number of thioether (sulfide) groups is 1. The molecule has 1 amide bonds. The minimum absolute atomic E-state index is 0.0417. The van der Waals surface area contributed by atoms with Gasteiger partial charge in [0.05, 0.1) is 0 Å². The minimum atomic E-state index is -0.213. The Kier molecular flexibility index (Phi) is 5.25. The highest BCUT2D eigenvalue weighted by atomic mass is 32.2. The van der Waals surface area contributed by atoms with Gasteiger partial charge in [-0.15, -0.1) is 0 Å². The number of anilines is 1. The number of H-pyrrole nitrogens is 1. The number of rotatable bonds is 6. The number of carbonyl (C=O) groups is 2. The van der Waals surface area contributed by atoms with Crippen molar-refractivity contribution in [2.75, 3.05) is 5.32 Å². The molecule has 0 radical (unpaired) electrons. The zero-order chi connectivity index (χ0) is 17.6. The second kappa shape index (κ2) is 7.76. The normalized spacial score (nSPS) is 10.4. The fourth-order valence-electron chi connectivity index (χ4n) is 2.29. The number of hydrogen-bond donors (Lipinski definition) is 2. The molecule has 0 atom stereocenters. The van der Waals surface area contributed by atoms with Crippen molar-refractivity contribution in [2.45, 2.75) is 17.8 Å². The van der Waals surface area contributed by atoms with Crippen LogP contribution in [0.3, 0.4) is 0 Å². The Morgan fingerprint density at radius 2 is 2.00 bits per heavy atom. The summed E-state index contributed by atoms with van der Waals surface area (Å²) in [6.45, 7) is 1.50. The molecule has 1 heterocycles. The molecule has 0 aliphatic carbocycles. The maximum absolute atomic E-state index is 12.6. The summed E-state index contributed by atoms with van der Waals surface area (Å²) in [6, 6.07) is 14.3. The average molecular weight is 352 g/mol. The Morgan fingerprint density at radius 3 is 2.76 bits per heavy atom. The molecule has 1 aromatic heterocycles. The first-order valence-corrected chi connectivity index (χ1v) is 8.60. The standard InChI is InChI=1S/C18H16N4O2S/c1-12(23)13-6-4-7-15(9-13)21-17(24)16-8-3-2-5-14(16)10-25-18-19-11-20-22-18/h2-9,11H,10H2,1H3,(H,21,24)(H,19,20,22). The molecule has 0 spiro atoms. The summed E-state index contributed by atoms with van der Waals surface area (Å²) < 4.78 is 0. The van der Waals surface area contributed by atoms with Gasteiger partial charge in [-0.05, 0) is 30.7 Å². The number of ketones is 1. The van der Waals surface area contributed by atoms with Gasteiger partial charge < -0.3 is 5.32 Å². The van der Waals surface area contributed by atoms with Crippen LogP contribution in [-0.4, -0.2) is 26.9 Å². The summed E-state index contributed by atoms with van der Waals surface area (Å²) in [5, 5.41) is 10.1. The SMILES string of the molecule is CC(=O)c1cccc(NC(=O)c2ccccc2CSc2ncn[nH]2)c1. The summed E-state index contributed by atoms with van der Waals surface area (Å²) >= 11 is 1.47. The van der Waals surface area contributed by atoms with Gasteiger partial charge in [0.1, 0.15) is 6.33 Å². The third-order valence-electron chi connectivity index (χ3n) is 3.55. The second-order valence-corrected chi connectivity index (χ2v) is 6.29. The summed E-state index contributed by atoms with van der Waals surface area (Å²) in [5.41, 5.74) is 2.63. The second-order valence-electron chi connectivity index (χ2n) is 5.33. The van der Waals surface area contributed by atoms with Crippen LogP contribution in [0.2, 0.25) is 0 Å². The third kappa shape index (κ3) is 4.33. The lowest BCUT2D eigenvalue weighted by Crippen LogP contribution is -2.14. The zero-order valence-electron chi connectivity index (χ0n) is 13.5. The van der Waals surface area contributed by atoms with E-state index in [1.807, 2.05) is 18.2 Å². The number of nitrogens with one attached hydrogen (secondary N) is 2. The van der Waals surface area contributed by atoms with Crippen LogP contribution in [0.15, 0.2) is 60.0 Å². The van der Waals surface area contributed by atoms with Crippen LogP contribution in [-0.2, 0) is 5.75 Å². The van der Waals surface area contributed by atoms with Crippen LogP contribution >= 0.6 is 11.8 Å². The van der Waals surface area contributed by atoms with Crippen LogP contribution in [0.1, 0.15) is 33.2 Å². The van der Waals surface area contributed by atoms with Crippen LogP contribution < -0.4 is 5.32 Å². The Morgan fingerprint density at radius 1 is 1.16 bits per heavy atom. The Bertz CT molecular complexity index is 894. The van der Waals surface area contributed by atoms with E-state index < -0.39 is 0 Å². The molecular weight excluding hydrogens is 336 g/mol. The number of aromatic nitrogens is 3. The molecule has 126 valence electrons. The molecule has 3 aromatic rings. The number of Topliss-reactive ketones (excluding diaryl/α,β-unsaturated/α-hetero) is 1. The molecule has 0 unspecified atom stereocenters. The number of benzene rings is 2. The summed E-state index contributed by atoms with van der Waals surface area (Å²) in [6.07, 6.45) is 1.45. The molecule has 6 nitrogen and oxygen atoms in total. The van der Waals surface area contributed by atoms with Crippen molar-refractivity contribution in [3.63, 3.8) is 0 Å². The summed E-state index contributed by atoms with van der Waals surface area (Å²) in [4.78, 5) is 28.2. The predicted octanol–water partition coefficient (Wildman–Crippen LogP) is 3.55. The number of hydrogen-bond acceptors (Lipinski definition) is 5. The number of nitrogens with zero attached hydrogens (tertiary/aromatic N) is 2. The molecule has 25 heavy (non-hydrogen) atoms. The first-order valence-electron chi connectivity index (χ1n) is 7.62. The number of carbonyl (C=O) groups excluding carboxylic acids is 2. The molecule has 0 saturated carbocycles. The fourth-order valence-corrected chi connectivity index (χ4v) is 3.07. The van der Waals surface area contributed by atoms with Gasteiger partial charge in [-0.1, -0.05) is 42.1 Å². The molecule has 0 aliphatic rings. The van der Waals surface area contributed by atoms with Crippen molar-refractivity contribution in [3.05, 3.63) is 71.5 Å². The van der Waals surface area contributed by atoms with Gasteiger partial charge in [-0.3, -0.25) is 14.7 Å². The van der Waals surface area contributed by atoms with E-state index in [1.54, 1.807) is 30.3 Å². The van der Waals surface area contributed by atoms with Crippen molar-refractivity contribution in [2.24, 2.45) is 0 Å². The topological polar surface area (TPSA) is 87.7 Å². The van der Waals surface area contributed by atoms with Crippen molar-refractivity contribution in [1.82, 2.24) is 15.2 Å². The molecular formula is C18H16N4O2S.